The first-order valence-electron chi connectivity index (χ1n) is 6.68. The molecule has 0 heterocycles. The fraction of sp³-hybridized carbons (Fsp3) is 0.188. The van der Waals surface area contributed by atoms with Gasteiger partial charge in [0.05, 0.1) is 17.6 Å². The average molecular weight is 337 g/mol. The number of sulfone groups is 1. The Balaban J connectivity index is 2.40. The second kappa shape index (κ2) is 6.37. The molecule has 2 rings (SSSR count). The molecule has 0 bridgehead atoms. The van der Waals surface area contributed by atoms with Crippen LogP contribution < -0.4 is 10.1 Å². The number of rotatable bonds is 4. The lowest BCUT2D eigenvalue weighted by Crippen LogP contribution is -2.15. The Morgan fingerprint density at radius 1 is 1.17 bits per heavy atom. The maximum Gasteiger partial charge on any atom is 0.259 e. The highest BCUT2D eigenvalue weighted by atomic mass is 32.2. The molecule has 0 aliphatic rings. The van der Waals surface area contributed by atoms with Gasteiger partial charge in [-0.3, -0.25) is 4.79 Å². The summed E-state index contributed by atoms with van der Waals surface area (Å²) >= 11 is 0. The number of halogens is 1. The van der Waals surface area contributed by atoms with Gasteiger partial charge in [-0.1, -0.05) is 6.07 Å². The van der Waals surface area contributed by atoms with Gasteiger partial charge in [0.1, 0.15) is 11.6 Å². The van der Waals surface area contributed by atoms with E-state index < -0.39 is 21.6 Å². The van der Waals surface area contributed by atoms with E-state index in [9.17, 15) is 17.6 Å². The van der Waals surface area contributed by atoms with Crippen molar-refractivity contribution in [3.05, 3.63) is 53.3 Å². The van der Waals surface area contributed by atoms with Gasteiger partial charge in [-0.25, -0.2) is 12.8 Å². The molecule has 23 heavy (non-hydrogen) atoms. The van der Waals surface area contributed by atoms with Gasteiger partial charge in [0.15, 0.2) is 9.84 Å². The van der Waals surface area contributed by atoms with Crippen molar-refractivity contribution in [1.29, 1.82) is 0 Å². The summed E-state index contributed by atoms with van der Waals surface area (Å²) in [7, 11) is -2.02. The molecule has 0 aromatic heterocycles. The third kappa shape index (κ3) is 3.87. The molecule has 0 fully saturated rings. The van der Waals surface area contributed by atoms with Crippen LogP contribution in [0.5, 0.6) is 5.75 Å². The number of methoxy groups -OCH3 is 1. The van der Waals surface area contributed by atoms with Gasteiger partial charge >= 0.3 is 0 Å². The molecular weight excluding hydrogens is 321 g/mol. The minimum atomic E-state index is -3.40. The number of ether oxygens (including phenoxy) is 1. The summed E-state index contributed by atoms with van der Waals surface area (Å²) in [4.78, 5) is 12.4. The van der Waals surface area contributed by atoms with E-state index in [1.165, 1.54) is 31.4 Å². The highest BCUT2D eigenvalue weighted by Crippen LogP contribution is 2.24. The summed E-state index contributed by atoms with van der Waals surface area (Å²) in [6.45, 7) is 1.73. The monoisotopic (exact) mass is 337 g/mol. The second-order valence-corrected chi connectivity index (χ2v) is 7.06. The second-order valence-electron chi connectivity index (χ2n) is 5.05. The van der Waals surface area contributed by atoms with Crippen LogP contribution in [0.25, 0.3) is 0 Å². The van der Waals surface area contributed by atoms with E-state index in [2.05, 4.69) is 5.32 Å². The zero-order valence-electron chi connectivity index (χ0n) is 12.9. The Labute approximate surface area is 134 Å². The number of carbonyl (C=O) groups is 1. The number of aryl methyl sites for hydroxylation is 1. The molecule has 0 saturated heterocycles. The molecule has 122 valence electrons. The summed E-state index contributed by atoms with van der Waals surface area (Å²) in [6.07, 6.45) is 1.08. The quantitative estimate of drug-likeness (QED) is 0.931. The van der Waals surface area contributed by atoms with Crippen LogP contribution in [0.15, 0.2) is 41.3 Å². The predicted molar refractivity (Wildman–Crippen MR) is 85.2 cm³/mol. The molecule has 0 spiro atoms. The molecule has 0 radical (unpaired) electrons. The van der Waals surface area contributed by atoms with E-state index in [1.807, 2.05) is 0 Å². The zero-order valence-corrected chi connectivity index (χ0v) is 13.7. The van der Waals surface area contributed by atoms with Gasteiger partial charge in [-0.2, -0.15) is 0 Å². The normalized spacial score (nSPS) is 11.1. The number of hydrogen-bond donors (Lipinski definition) is 1. The summed E-state index contributed by atoms with van der Waals surface area (Å²) in [5.41, 5.74) is 1.04. The van der Waals surface area contributed by atoms with E-state index in [1.54, 1.807) is 13.0 Å². The Morgan fingerprint density at radius 3 is 2.48 bits per heavy atom. The van der Waals surface area contributed by atoms with Gasteiger partial charge in [0, 0.05) is 11.9 Å². The first-order valence-corrected chi connectivity index (χ1v) is 8.57. The number of anilines is 1. The highest BCUT2D eigenvalue weighted by molar-refractivity contribution is 7.90. The topological polar surface area (TPSA) is 72.5 Å². The van der Waals surface area contributed by atoms with Gasteiger partial charge in [-0.15, -0.1) is 0 Å². The van der Waals surface area contributed by atoms with E-state index in [0.29, 0.717) is 11.3 Å². The fourth-order valence-corrected chi connectivity index (χ4v) is 2.66. The Hall–Kier alpha value is -2.41. The zero-order chi connectivity index (χ0) is 17.2. The largest absolute Gasteiger partial charge is 0.496 e. The predicted octanol–water partition coefficient (Wildman–Crippen LogP) is 2.80. The summed E-state index contributed by atoms with van der Waals surface area (Å²) < 4.78 is 41.6. The fourth-order valence-electron chi connectivity index (χ4n) is 2.01. The standard InChI is InChI=1S/C16H16FNO4S/c1-10-4-6-12(23(3,20)21)9-14(10)18-16(19)13-8-11(17)5-7-15(13)22-2/h4-9H,1-3H3,(H,18,19). The van der Waals surface area contributed by atoms with Crippen molar-refractivity contribution in [1.82, 2.24) is 0 Å². The third-order valence-corrected chi connectivity index (χ3v) is 4.40. The van der Waals surface area contributed by atoms with Crippen molar-refractivity contribution in [3.63, 3.8) is 0 Å². The van der Waals surface area contributed by atoms with Crippen molar-refractivity contribution < 1.29 is 22.3 Å². The van der Waals surface area contributed by atoms with Crippen molar-refractivity contribution in [2.45, 2.75) is 11.8 Å². The molecule has 0 aliphatic heterocycles. The number of amides is 1. The van der Waals surface area contributed by atoms with Crippen molar-refractivity contribution >= 4 is 21.4 Å². The van der Waals surface area contributed by atoms with Crippen LogP contribution in [0, 0.1) is 12.7 Å². The van der Waals surface area contributed by atoms with Gasteiger partial charge in [0.25, 0.3) is 5.91 Å². The van der Waals surface area contributed by atoms with Crippen molar-refractivity contribution in [2.75, 3.05) is 18.7 Å². The molecule has 1 N–H and O–H groups in total. The van der Waals surface area contributed by atoms with Crippen LogP contribution in [-0.4, -0.2) is 27.7 Å². The third-order valence-electron chi connectivity index (χ3n) is 3.29. The first kappa shape index (κ1) is 17.0. The Bertz CT molecular complexity index is 862. The molecule has 2 aromatic rings. The highest BCUT2D eigenvalue weighted by Gasteiger charge is 2.16. The summed E-state index contributed by atoms with van der Waals surface area (Å²) in [6, 6.07) is 8.02. The van der Waals surface area contributed by atoms with Crippen molar-refractivity contribution in [3.8, 4) is 5.75 Å². The number of carbonyl (C=O) groups excluding carboxylic acids is 1. The lowest BCUT2D eigenvalue weighted by Gasteiger charge is -2.12. The maximum atomic E-state index is 13.4. The molecule has 1 amide bonds. The number of benzene rings is 2. The van der Waals surface area contributed by atoms with Crippen LogP contribution >= 0.6 is 0 Å². The smallest absolute Gasteiger partial charge is 0.259 e. The van der Waals surface area contributed by atoms with Crippen LogP contribution in [0.2, 0.25) is 0 Å². The Morgan fingerprint density at radius 2 is 1.87 bits per heavy atom. The van der Waals surface area contributed by atoms with Crippen LogP contribution in [0.1, 0.15) is 15.9 Å². The molecular formula is C16H16FNO4S. The van der Waals surface area contributed by atoms with E-state index in [-0.39, 0.29) is 16.2 Å². The molecule has 0 aliphatic carbocycles. The lowest BCUT2D eigenvalue weighted by molar-refractivity contribution is 0.102. The molecule has 5 nitrogen and oxygen atoms in total. The summed E-state index contributed by atoms with van der Waals surface area (Å²) in [5, 5.41) is 2.59. The van der Waals surface area contributed by atoms with E-state index in [0.717, 1.165) is 12.3 Å². The van der Waals surface area contributed by atoms with E-state index in [4.69, 9.17) is 4.74 Å². The lowest BCUT2D eigenvalue weighted by atomic mass is 10.1. The molecule has 0 saturated carbocycles. The van der Waals surface area contributed by atoms with Crippen molar-refractivity contribution in [2.24, 2.45) is 0 Å². The Kier molecular flexibility index (Phi) is 4.70. The maximum absolute atomic E-state index is 13.4. The minimum absolute atomic E-state index is 0.0247. The minimum Gasteiger partial charge on any atom is -0.496 e. The van der Waals surface area contributed by atoms with Crippen LogP contribution in [0.3, 0.4) is 0 Å². The van der Waals surface area contributed by atoms with E-state index >= 15 is 0 Å². The van der Waals surface area contributed by atoms with Gasteiger partial charge in [0.2, 0.25) is 0 Å². The van der Waals surface area contributed by atoms with Gasteiger partial charge < -0.3 is 10.1 Å². The molecule has 0 unspecified atom stereocenters. The van der Waals surface area contributed by atoms with Crippen LogP contribution in [0.4, 0.5) is 10.1 Å². The summed E-state index contributed by atoms with van der Waals surface area (Å²) in [5.74, 6) is -0.937. The number of nitrogens with one attached hydrogen (secondary N) is 1. The average Bonchev–Trinajstić information content (AvgIpc) is 2.48. The molecule has 0 atom stereocenters. The first-order chi connectivity index (χ1) is 10.7. The molecule has 7 heteroatoms. The number of hydrogen-bond acceptors (Lipinski definition) is 4. The van der Waals surface area contributed by atoms with Gasteiger partial charge in [-0.05, 0) is 42.8 Å². The SMILES string of the molecule is COc1ccc(F)cc1C(=O)Nc1cc(S(C)(=O)=O)ccc1C. The van der Waals surface area contributed by atoms with Crippen LogP contribution in [-0.2, 0) is 9.84 Å². The molecule has 2 aromatic carbocycles.